The minimum Gasteiger partial charge on any atom is -0.368 e. The van der Waals surface area contributed by atoms with Crippen LogP contribution in [-0.4, -0.2) is 9.97 Å². The molecule has 1 aromatic carbocycles. The van der Waals surface area contributed by atoms with Crippen LogP contribution in [0.5, 0.6) is 0 Å². The molecule has 90 valence electrons. The zero-order valence-corrected chi connectivity index (χ0v) is 12.1. The quantitative estimate of drug-likeness (QED) is 0.806. The Morgan fingerprint density at radius 2 is 1.82 bits per heavy atom. The minimum atomic E-state index is 0. The summed E-state index contributed by atoms with van der Waals surface area (Å²) in [5.41, 5.74) is 7.41. The standard InChI is InChI=1S/C11H11IN4.ClH/c1-7-6-10(16-11(13)14-7)15-9-4-2-8(12)3-5-9;/h2-6H,1H3,(H3,13,14,15,16);1H. The highest BCUT2D eigenvalue weighted by Gasteiger charge is 1.99. The fourth-order valence-corrected chi connectivity index (χ4v) is 1.70. The third-order valence-corrected chi connectivity index (χ3v) is 2.71. The maximum atomic E-state index is 5.57. The zero-order chi connectivity index (χ0) is 11.5. The molecule has 1 aromatic heterocycles. The zero-order valence-electron chi connectivity index (χ0n) is 9.14. The Bertz CT molecular complexity index is 481. The number of aromatic nitrogens is 2. The van der Waals surface area contributed by atoms with Gasteiger partial charge in [-0.2, -0.15) is 4.98 Å². The highest BCUT2D eigenvalue weighted by atomic mass is 127. The molecule has 0 atom stereocenters. The number of anilines is 3. The van der Waals surface area contributed by atoms with Crippen LogP contribution in [0.3, 0.4) is 0 Å². The van der Waals surface area contributed by atoms with E-state index in [0.29, 0.717) is 5.82 Å². The van der Waals surface area contributed by atoms with Crippen molar-refractivity contribution < 1.29 is 0 Å². The van der Waals surface area contributed by atoms with E-state index in [1.54, 1.807) is 0 Å². The lowest BCUT2D eigenvalue weighted by Crippen LogP contribution is -2.01. The number of halogens is 2. The summed E-state index contributed by atoms with van der Waals surface area (Å²) >= 11 is 2.26. The largest absolute Gasteiger partial charge is 0.368 e. The molecule has 0 bridgehead atoms. The second-order valence-corrected chi connectivity index (χ2v) is 4.63. The van der Waals surface area contributed by atoms with Gasteiger partial charge in [0.15, 0.2) is 0 Å². The Morgan fingerprint density at radius 3 is 2.41 bits per heavy atom. The predicted molar refractivity (Wildman–Crippen MR) is 80.9 cm³/mol. The summed E-state index contributed by atoms with van der Waals surface area (Å²) in [5, 5.41) is 3.18. The normalized spacial score (nSPS) is 9.53. The first kappa shape index (κ1) is 14.0. The van der Waals surface area contributed by atoms with Gasteiger partial charge in [0.05, 0.1) is 0 Å². The number of aryl methyl sites for hydroxylation is 1. The van der Waals surface area contributed by atoms with Gasteiger partial charge < -0.3 is 11.1 Å². The monoisotopic (exact) mass is 362 g/mol. The molecule has 2 aromatic rings. The maximum Gasteiger partial charge on any atom is 0.222 e. The molecule has 0 spiro atoms. The van der Waals surface area contributed by atoms with Crippen molar-refractivity contribution in [3.8, 4) is 0 Å². The van der Waals surface area contributed by atoms with Gasteiger partial charge in [0.2, 0.25) is 5.95 Å². The maximum absolute atomic E-state index is 5.57. The van der Waals surface area contributed by atoms with Crippen LogP contribution in [0.4, 0.5) is 17.5 Å². The van der Waals surface area contributed by atoms with Crippen molar-refractivity contribution in [3.05, 3.63) is 39.6 Å². The molecule has 0 amide bonds. The molecular weight excluding hydrogens is 351 g/mol. The minimum absolute atomic E-state index is 0. The van der Waals surface area contributed by atoms with Gasteiger partial charge in [-0.25, -0.2) is 4.98 Å². The van der Waals surface area contributed by atoms with Gasteiger partial charge in [-0.1, -0.05) is 0 Å². The van der Waals surface area contributed by atoms with Gasteiger partial charge in [-0.05, 0) is 53.8 Å². The van der Waals surface area contributed by atoms with Crippen molar-refractivity contribution >= 4 is 52.5 Å². The molecule has 0 fully saturated rings. The van der Waals surface area contributed by atoms with Gasteiger partial charge >= 0.3 is 0 Å². The molecule has 4 nitrogen and oxygen atoms in total. The third-order valence-electron chi connectivity index (χ3n) is 1.99. The number of nitrogens with one attached hydrogen (secondary N) is 1. The molecule has 3 N–H and O–H groups in total. The highest BCUT2D eigenvalue weighted by Crippen LogP contribution is 2.17. The Kier molecular flexibility index (Phi) is 4.95. The smallest absolute Gasteiger partial charge is 0.222 e. The van der Waals surface area contributed by atoms with Crippen molar-refractivity contribution in [3.63, 3.8) is 0 Å². The molecule has 0 radical (unpaired) electrons. The molecule has 0 saturated carbocycles. The molecule has 0 saturated heterocycles. The van der Waals surface area contributed by atoms with Crippen LogP contribution in [0.15, 0.2) is 30.3 Å². The number of rotatable bonds is 2. The van der Waals surface area contributed by atoms with Gasteiger partial charge in [0, 0.05) is 21.0 Å². The SMILES string of the molecule is Cc1cc(Nc2ccc(I)cc2)nc(N)n1.Cl. The van der Waals surface area contributed by atoms with Crippen molar-refractivity contribution in [1.82, 2.24) is 9.97 Å². The first-order valence-electron chi connectivity index (χ1n) is 4.77. The van der Waals surface area contributed by atoms with E-state index >= 15 is 0 Å². The molecule has 6 heteroatoms. The summed E-state index contributed by atoms with van der Waals surface area (Å²) in [6, 6.07) is 9.90. The van der Waals surface area contributed by atoms with Crippen molar-refractivity contribution in [2.24, 2.45) is 0 Å². The number of hydrogen-bond acceptors (Lipinski definition) is 4. The van der Waals surface area contributed by atoms with Crippen molar-refractivity contribution in [1.29, 1.82) is 0 Å². The van der Waals surface area contributed by atoms with E-state index in [0.717, 1.165) is 11.4 Å². The van der Waals surface area contributed by atoms with Crippen LogP contribution in [0.2, 0.25) is 0 Å². The summed E-state index contributed by atoms with van der Waals surface area (Å²) < 4.78 is 1.20. The van der Waals surface area contributed by atoms with Crippen LogP contribution in [-0.2, 0) is 0 Å². The number of benzene rings is 1. The van der Waals surface area contributed by atoms with Gasteiger partial charge in [-0.3, -0.25) is 0 Å². The van der Waals surface area contributed by atoms with E-state index in [-0.39, 0.29) is 18.4 Å². The molecule has 0 aliphatic heterocycles. The topological polar surface area (TPSA) is 63.8 Å². The first-order valence-corrected chi connectivity index (χ1v) is 5.85. The second-order valence-electron chi connectivity index (χ2n) is 3.38. The average Bonchev–Trinajstić information content (AvgIpc) is 2.20. The first-order chi connectivity index (χ1) is 7.63. The third kappa shape index (κ3) is 4.01. The number of nitrogens with two attached hydrogens (primary N) is 1. The molecule has 0 aliphatic rings. The Morgan fingerprint density at radius 1 is 1.18 bits per heavy atom. The Labute approximate surface area is 120 Å². The highest BCUT2D eigenvalue weighted by molar-refractivity contribution is 14.1. The number of nitrogens with zero attached hydrogens (tertiary/aromatic N) is 2. The second kappa shape index (κ2) is 6.02. The summed E-state index contributed by atoms with van der Waals surface area (Å²) in [6.07, 6.45) is 0. The van der Waals surface area contributed by atoms with Crippen LogP contribution in [0, 0.1) is 10.5 Å². The molecule has 2 rings (SSSR count). The Hall–Kier alpha value is -1.08. The van der Waals surface area contributed by atoms with Gasteiger partial charge in [-0.15, -0.1) is 12.4 Å². The molecule has 1 heterocycles. The lowest BCUT2D eigenvalue weighted by molar-refractivity contribution is 1.12. The van der Waals surface area contributed by atoms with Gasteiger partial charge in [0.1, 0.15) is 5.82 Å². The van der Waals surface area contributed by atoms with E-state index in [2.05, 4.69) is 37.9 Å². The molecule has 0 aliphatic carbocycles. The number of hydrogen-bond donors (Lipinski definition) is 2. The lowest BCUT2D eigenvalue weighted by atomic mass is 10.3. The summed E-state index contributed by atoms with van der Waals surface area (Å²) in [6.45, 7) is 1.89. The van der Waals surface area contributed by atoms with Crippen molar-refractivity contribution in [2.75, 3.05) is 11.1 Å². The molecule has 17 heavy (non-hydrogen) atoms. The van der Waals surface area contributed by atoms with E-state index in [4.69, 9.17) is 5.73 Å². The molecular formula is C11H12ClIN4. The van der Waals surface area contributed by atoms with Crippen LogP contribution < -0.4 is 11.1 Å². The number of nitrogen functional groups attached to an aromatic ring is 1. The fraction of sp³-hybridized carbons (Fsp3) is 0.0909. The van der Waals surface area contributed by atoms with Crippen LogP contribution >= 0.6 is 35.0 Å². The van der Waals surface area contributed by atoms with E-state index in [1.807, 2.05) is 37.3 Å². The predicted octanol–water partition coefficient (Wildman–Crippen LogP) is 3.14. The molecule has 0 unspecified atom stereocenters. The summed E-state index contributed by atoms with van der Waals surface area (Å²) in [7, 11) is 0. The van der Waals surface area contributed by atoms with E-state index < -0.39 is 0 Å². The average molecular weight is 363 g/mol. The van der Waals surface area contributed by atoms with Crippen LogP contribution in [0.1, 0.15) is 5.69 Å². The summed E-state index contributed by atoms with van der Waals surface area (Å²) in [4.78, 5) is 8.12. The Balaban J connectivity index is 0.00000144. The van der Waals surface area contributed by atoms with Crippen LogP contribution in [0.25, 0.3) is 0 Å². The summed E-state index contributed by atoms with van der Waals surface area (Å²) in [5.74, 6) is 0.999. The lowest BCUT2D eigenvalue weighted by Gasteiger charge is -2.06. The van der Waals surface area contributed by atoms with Crippen molar-refractivity contribution in [2.45, 2.75) is 6.92 Å². The van der Waals surface area contributed by atoms with E-state index in [1.165, 1.54) is 3.57 Å². The van der Waals surface area contributed by atoms with Gasteiger partial charge in [0.25, 0.3) is 0 Å². The fourth-order valence-electron chi connectivity index (χ4n) is 1.34. The van der Waals surface area contributed by atoms with E-state index in [9.17, 15) is 0 Å².